The Hall–Kier alpha value is -3.85. The van der Waals surface area contributed by atoms with Gasteiger partial charge in [0.1, 0.15) is 13.2 Å². The van der Waals surface area contributed by atoms with E-state index in [1.807, 2.05) is 91.0 Å². The van der Waals surface area contributed by atoms with Crippen molar-refractivity contribution in [2.24, 2.45) is 0 Å². The molecule has 148 valence electrons. The molecule has 0 unspecified atom stereocenters. The third-order valence-electron chi connectivity index (χ3n) is 4.72. The Morgan fingerprint density at radius 2 is 1.03 bits per heavy atom. The molecule has 0 aromatic heterocycles. The van der Waals surface area contributed by atoms with Gasteiger partial charge in [-0.25, -0.2) is 0 Å². The van der Waals surface area contributed by atoms with Gasteiger partial charge in [0.25, 0.3) is 0 Å². The van der Waals surface area contributed by atoms with E-state index in [9.17, 15) is 4.79 Å². The van der Waals surface area contributed by atoms with Gasteiger partial charge in [0, 0.05) is 11.1 Å². The largest absolute Gasteiger partial charge is 0.485 e. The number of carbonyl (C=O) groups is 1. The van der Waals surface area contributed by atoms with Gasteiger partial charge in [-0.3, -0.25) is 4.79 Å². The van der Waals surface area contributed by atoms with Gasteiger partial charge in [-0.2, -0.15) is 0 Å². The van der Waals surface area contributed by atoms with Crippen LogP contribution >= 0.6 is 0 Å². The molecule has 0 bridgehead atoms. The molecule has 0 amide bonds. The van der Waals surface area contributed by atoms with Gasteiger partial charge in [0.2, 0.25) is 0 Å². The smallest absolute Gasteiger partial charge is 0.193 e. The van der Waals surface area contributed by atoms with Gasteiger partial charge in [0.05, 0.1) is 0 Å². The van der Waals surface area contributed by atoms with Gasteiger partial charge < -0.3 is 9.47 Å². The number of hydrogen-bond acceptors (Lipinski definition) is 3. The molecule has 4 aromatic rings. The van der Waals surface area contributed by atoms with Gasteiger partial charge in [-0.15, -0.1) is 0 Å². The number of rotatable bonds is 8. The minimum atomic E-state index is -0.0465. The highest BCUT2D eigenvalue weighted by molar-refractivity contribution is 6.09. The second kappa shape index (κ2) is 9.57. The van der Waals surface area contributed by atoms with Gasteiger partial charge in [-0.05, 0) is 29.3 Å². The van der Waals surface area contributed by atoms with Crippen molar-refractivity contribution in [2.75, 3.05) is 0 Å². The van der Waals surface area contributed by atoms with E-state index >= 15 is 0 Å². The molecule has 0 N–H and O–H groups in total. The Balaban J connectivity index is 1.58. The number of carbonyl (C=O) groups excluding carboxylic acids is 1. The zero-order valence-corrected chi connectivity index (χ0v) is 16.5. The zero-order valence-electron chi connectivity index (χ0n) is 16.5. The molecule has 30 heavy (non-hydrogen) atoms. The van der Waals surface area contributed by atoms with Gasteiger partial charge in [-0.1, -0.05) is 91.0 Å². The molecule has 4 aromatic carbocycles. The molecule has 0 aliphatic carbocycles. The molecule has 0 atom stereocenters. The van der Waals surface area contributed by atoms with Crippen molar-refractivity contribution >= 4 is 5.78 Å². The van der Waals surface area contributed by atoms with E-state index in [1.165, 1.54) is 0 Å². The molecule has 0 saturated heterocycles. The van der Waals surface area contributed by atoms with Crippen molar-refractivity contribution < 1.29 is 14.3 Å². The molecule has 0 aliphatic rings. The van der Waals surface area contributed by atoms with Crippen LogP contribution in [-0.4, -0.2) is 5.78 Å². The van der Waals surface area contributed by atoms with Gasteiger partial charge >= 0.3 is 0 Å². The average Bonchev–Trinajstić information content (AvgIpc) is 2.83. The van der Waals surface area contributed by atoms with E-state index in [-0.39, 0.29) is 5.78 Å². The Morgan fingerprint density at radius 1 is 0.533 bits per heavy atom. The summed E-state index contributed by atoms with van der Waals surface area (Å²) in [4.78, 5) is 12.9. The second-order valence-electron chi connectivity index (χ2n) is 6.91. The normalized spacial score (nSPS) is 10.4. The van der Waals surface area contributed by atoms with Crippen LogP contribution in [0.5, 0.6) is 11.5 Å². The number of ketones is 1. The number of hydrogen-bond donors (Lipinski definition) is 0. The topological polar surface area (TPSA) is 35.5 Å². The lowest BCUT2D eigenvalue weighted by Crippen LogP contribution is -2.04. The van der Waals surface area contributed by atoms with Crippen LogP contribution in [0.2, 0.25) is 0 Å². The Labute approximate surface area is 176 Å². The fraction of sp³-hybridized carbons (Fsp3) is 0.0741. The van der Waals surface area contributed by atoms with Crippen LogP contribution in [0, 0.1) is 0 Å². The van der Waals surface area contributed by atoms with E-state index in [2.05, 4.69) is 0 Å². The molecule has 3 heteroatoms. The molecular weight excluding hydrogens is 372 g/mol. The summed E-state index contributed by atoms with van der Waals surface area (Å²) < 4.78 is 12.1. The van der Waals surface area contributed by atoms with Crippen LogP contribution in [-0.2, 0) is 13.2 Å². The minimum Gasteiger partial charge on any atom is -0.485 e. The summed E-state index contributed by atoms with van der Waals surface area (Å²) in [7, 11) is 0. The standard InChI is InChI=1S/C27H22O3/c28-27(23-14-8-3-9-15-23)24-16-17-25(29-19-21-10-4-1-5-11-21)26(18-24)30-20-22-12-6-2-7-13-22/h1-18H,19-20H2. The molecule has 0 radical (unpaired) electrons. The summed E-state index contributed by atoms with van der Waals surface area (Å²) in [6.45, 7) is 0.819. The third-order valence-corrected chi connectivity index (χ3v) is 4.72. The van der Waals surface area contributed by atoms with Crippen LogP contribution in [0.3, 0.4) is 0 Å². The highest BCUT2D eigenvalue weighted by atomic mass is 16.5. The summed E-state index contributed by atoms with van der Waals surface area (Å²) in [6, 6.07) is 34.5. The van der Waals surface area contributed by atoms with Crippen LogP contribution in [0.1, 0.15) is 27.0 Å². The summed E-state index contributed by atoms with van der Waals surface area (Å²) >= 11 is 0. The van der Waals surface area contributed by atoms with Crippen LogP contribution in [0.15, 0.2) is 109 Å². The first-order valence-corrected chi connectivity index (χ1v) is 9.87. The second-order valence-corrected chi connectivity index (χ2v) is 6.91. The molecule has 0 aliphatic heterocycles. The van der Waals surface area contributed by atoms with Crippen molar-refractivity contribution in [3.63, 3.8) is 0 Å². The Bertz CT molecular complexity index is 1090. The Morgan fingerprint density at radius 3 is 1.60 bits per heavy atom. The lowest BCUT2D eigenvalue weighted by molar-refractivity contribution is 0.103. The van der Waals surface area contributed by atoms with E-state index in [0.29, 0.717) is 35.8 Å². The first-order chi connectivity index (χ1) is 14.8. The first-order valence-electron chi connectivity index (χ1n) is 9.87. The summed E-state index contributed by atoms with van der Waals surface area (Å²) in [5.41, 5.74) is 3.32. The predicted molar refractivity (Wildman–Crippen MR) is 118 cm³/mol. The van der Waals surface area contributed by atoms with Crippen molar-refractivity contribution in [3.8, 4) is 11.5 Å². The lowest BCUT2D eigenvalue weighted by Gasteiger charge is -2.14. The van der Waals surface area contributed by atoms with E-state index in [4.69, 9.17) is 9.47 Å². The molecule has 0 heterocycles. The fourth-order valence-corrected chi connectivity index (χ4v) is 3.11. The Kier molecular flexibility index (Phi) is 6.21. The number of ether oxygens (including phenoxy) is 2. The monoisotopic (exact) mass is 394 g/mol. The van der Waals surface area contributed by atoms with Crippen molar-refractivity contribution in [1.29, 1.82) is 0 Å². The predicted octanol–water partition coefficient (Wildman–Crippen LogP) is 6.08. The molecule has 0 spiro atoms. The van der Waals surface area contributed by atoms with Crippen molar-refractivity contribution in [3.05, 3.63) is 131 Å². The minimum absolute atomic E-state index is 0.0465. The molecular formula is C27H22O3. The zero-order chi connectivity index (χ0) is 20.6. The van der Waals surface area contributed by atoms with Crippen molar-refractivity contribution in [1.82, 2.24) is 0 Å². The first kappa shape index (κ1) is 19.5. The third kappa shape index (κ3) is 4.95. The molecule has 4 rings (SSSR count). The van der Waals surface area contributed by atoms with E-state index < -0.39 is 0 Å². The molecule has 0 fully saturated rings. The highest BCUT2D eigenvalue weighted by Gasteiger charge is 2.14. The van der Waals surface area contributed by atoms with E-state index in [0.717, 1.165) is 11.1 Å². The van der Waals surface area contributed by atoms with Crippen molar-refractivity contribution in [2.45, 2.75) is 13.2 Å². The highest BCUT2D eigenvalue weighted by Crippen LogP contribution is 2.31. The van der Waals surface area contributed by atoms with E-state index in [1.54, 1.807) is 18.2 Å². The van der Waals surface area contributed by atoms with Crippen LogP contribution < -0.4 is 9.47 Å². The lowest BCUT2D eigenvalue weighted by atomic mass is 10.0. The van der Waals surface area contributed by atoms with Crippen LogP contribution in [0.25, 0.3) is 0 Å². The maximum absolute atomic E-state index is 12.9. The summed E-state index contributed by atoms with van der Waals surface area (Å²) in [6.07, 6.45) is 0. The molecule has 3 nitrogen and oxygen atoms in total. The summed E-state index contributed by atoms with van der Waals surface area (Å²) in [5, 5.41) is 0. The SMILES string of the molecule is O=C(c1ccccc1)c1ccc(OCc2ccccc2)c(OCc2ccccc2)c1. The maximum atomic E-state index is 12.9. The summed E-state index contributed by atoms with van der Waals surface area (Å²) in [5.74, 6) is 1.12. The number of benzene rings is 4. The maximum Gasteiger partial charge on any atom is 0.193 e. The fourth-order valence-electron chi connectivity index (χ4n) is 3.11. The quantitative estimate of drug-likeness (QED) is 0.340. The van der Waals surface area contributed by atoms with Crippen LogP contribution in [0.4, 0.5) is 0 Å². The molecule has 0 saturated carbocycles. The average molecular weight is 394 g/mol. The van der Waals surface area contributed by atoms with Gasteiger partial charge in [0.15, 0.2) is 17.3 Å².